The third kappa shape index (κ3) is 4.66. The molecule has 4 nitrogen and oxygen atoms in total. The van der Waals surface area contributed by atoms with Crippen molar-refractivity contribution in [3.8, 4) is 0 Å². The smallest absolute Gasteiger partial charge is 0.348 e. The van der Waals surface area contributed by atoms with Crippen LogP contribution in [0.25, 0.3) is 0 Å². The Labute approximate surface area is 143 Å². The standard InChI is InChI=1S/C17H21F4N3O/c1-5-12(15(23-4)17(19,20)21)16(25)24-8-13-9(2)6-11(7-22)14(18)10(13)3/h5-6H,7-8,22H2,1-4H3,(H,24,25)/b12-5+,23-15?. The SMILES string of the molecule is C/C=C(/C(=O)NCc1c(C)cc(CN)c(F)c1C)C(=NC)C(F)(F)F. The zero-order valence-corrected chi connectivity index (χ0v) is 14.5. The van der Waals surface area contributed by atoms with E-state index >= 15 is 0 Å². The molecule has 0 fully saturated rings. The van der Waals surface area contributed by atoms with E-state index in [-0.39, 0.29) is 13.1 Å². The first kappa shape index (κ1) is 20.8. The summed E-state index contributed by atoms with van der Waals surface area (Å²) in [4.78, 5) is 15.3. The minimum absolute atomic E-state index is 0.0325. The molecule has 0 unspecified atom stereocenters. The summed E-state index contributed by atoms with van der Waals surface area (Å²) in [6, 6.07) is 1.56. The molecule has 8 heteroatoms. The number of alkyl halides is 3. The van der Waals surface area contributed by atoms with Gasteiger partial charge in [-0.25, -0.2) is 4.39 Å². The van der Waals surface area contributed by atoms with Crippen molar-refractivity contribution in [3.05, 3.63) is 45.8 Å². The molecule has 1 aromatic rings. The van der Waals surface area contributed by atoms with Gasteiger partial charge in [-0.15, -0.1) is 0 Å². The Hall–Kier alpha value is -2.22. The molecular weight excluding hydrogens is 338 g/mol. The molecule has 138 valence electrons. The maximum Gasteiger partial charge on any atom is 0.433 e. The van der Waals surface area contributed by atoms with E-state index in [0.717, 1.165) is 13.1 Å². The number of carbonyl (C=O) groups excluding carboxylic acids is 1. The highest BCUT2D eigenvalue weighted by Crippen LogP contribution is 2.24. The van der Waals surface area contributed by atoms with Gasteiger partial charge in [0.1, 0.15) is 5.82 Å². The van der Waals surface area contributed by atoms with Crippen LogP contribution in [0.1, 0.15) is 29.2 Å². The fourth-order valence-electron chi connectivity index (χ4n) is 2.54. The van der Waals surface area contributed by atoms with Gasteiger partial charge < -0.3 is 11.1 Å². The summed E-state index contributed by atoms with van der Waals surface area (Å²) < 4.78 is 53.0. The van der Waals surface area contributed by atoms with Gasteiger partial charge in [-0.05, 0) is 37.5 Å². The lowest BCUT2D eigenvalue weighted by molar-refractivity contribution is -0.117. The van der Waals surface area contributed by atoms with Gasteiger partial charge in [0.05, 0.1) is 5.57 Å². The number of nitrogens with one attached hydrogen (secondary N) is 1. The van der Waals surface area contributed by atoms with Gasteiger partial charge in [0.25, 0.3) is 5.91 Å². The second-order valence-corrected chi connectivity index (χ2v) is 5.43. The van der Waals surface area contributed by atoms with Crippen LogP contribution in [0.2, 0.25) is 0 Å². The molecular formula is C17H21F4N3O. The number of aryl methyl sites for hydroxylation is 1. The number of nitrogens with two attached hydrogens (primary N) is 1. The highest BCUT2D eigenvalue weighted by molar-refractivity contribution is 6.23. The summed E-state index contributed by atoms with van der Waals surface area (Å²) in [7, 11) is 0.967. The van der Waals surface area contributed by atoms with Crippen LogP contribution in [-0.4, -0.2) is 24.8 Å². The Morgan fingerprint density at radius 2 is 1.96 bits per heavy atom. The summed E-state index contributed by atoms with van der Waals surface area (Å²) in [5.41, 5.74) is 5.48. The van der Waals surface area contributed by atoms with Gasteiger partial charge in [-0.3, -0.25) is 9.79 Å². The first-order valence-electron chi connectivity index (χ1n) is 7.54. The van der Waals surface area contributed by atoms with Gasteiger partial charge in [0.15, 0.2) is 5.71 Å². The third-order valence-electron chi connectivity index (χ3n) is 3.86. The van der Waals surface area contributed by atoms with Crippen LogP contribution in [0, 0.1) is 19.7 Å². The number of hydrogen-bond acceptors (Lipinski definition) is 3. The van der Waals surface area contributed by atoms with Crippen molar-refractivity contribution in [2.75, 3.05) is 7.05 Å². The van der Waals surface area contributed by atoms with E-state index in [4.69, 9.17) is 5.73 Å². The lowest BCUT2D eigenvalue weighted by Crippen LogP contribution is -2.35. The fourth-order valence-corrected chi connectivity index (χ4v) is 2.54. The molecule has 0 aliphatic carbocycles. The maximum absolute atomic E-state index is 14.2. The van der Waals surface area contributed by atoms with Crippen molar-refractivity contribution in [1.82, 2.24) is 5.32 Å². The summed E-state index contributed by atoms with van der Waals surface area (Å²) in [6.07, 6.45) is -3.70. The molecule has 25 heavy (non-hydrogen) atoms. The molecule has 0 aliphatic rings. The topological polar surface area (TPSA) is 67.5 Å². The maximum atomic E-state index is 14.2. The molecule has 0 aliphatic heterocycles. The van der Waals surface area contributed by atoms with E-state index in [2.05, 4.69) is 10.3 Å². The summed E-state index contributed by atoms with van der Waals surface area (Å²) >= 11 is 0. The van der Waals surface area contributed by atoms with Gasteiger partial charge >= 0.3 is 6.18 Å². The Bertz CT molecular complexity index is 722. The third-order valence-corrected chi connectivity index (χ3v) is 3.86. The van der Waals surface area contributed by atoms with E-state index in [9.17, 15) is 22.4 Å². The van der Waals surface area contributed by atoms with Crippen LogP contribution in [0.3, 0.4) is 0 Å². The number of benzene rings is 1. The second kappa shape index (κ2) is 8.24. The number of halogens is 4. The van der Waals surface area contributed by atoms with E-state index in [0.29, 0.717) is 22.3 Å². The van der Waals surface area contributed by atoms with E-state index in [1.54, 1.807) is 13.0 Å². The zero-order valence-electron chi connectivity index (χ0n) is 14.5. The molecule has 1 amide bonds. The summed E-state index contributed by atoms with van der Waals surface area (Å²) in [6.45, 7) is 4.50. The highest BCUT2D eigenvalue weighted by atomic mass is 19.4. The second-order valence-electron chi connectivity index (χ2n) is 5.43. The fraction of sp³-hybridized carbons (Fsp3) is 0.412. The summed E-state index contributed by atoms with van der Waals surface area (Å²) in [5.74, 6) is -1.41. The van der Waals surface area contributed by atoms with Gasteiger partial charge in [0.2, 0.25) is 0 Å². The molecule has 3 N–H and O–H groups in total. The molecule has 0 atom stereocenters. The molecule has 0 aromatic heterocycles. The lowest BCUT2D eigenvalue weighted by atomic mass is 9.98. The van der Waals surface area contributed by atoms with Gasteiger partial charge in [-0.1, -0.05) is 12.1 Å². The zero-order chi connectivity index (χ0) is 19.4. The minimum Gasteiger partial charge on any atom is -0.348 e. The molecule has 0 spiro atoms. The lowest BCUT2D eigenvalue weighted by Gasteiger charge is -2.16. The van der Waals surface area contributed by atoms with Gasteiger partial charge in [0, 0.05) is 25.7 Å². The predicted octanol–water partition coefficient (Wildman–Crippen LogP) is 3.10. The van der Waals surface area contributed by atoms with Crippen molar-refractivity contribution in [2.24, 2.45) is 10.7 Å². The Kier molecular flexibility index (Phi) is 6.87. The molecule has 1 rings (SSSR count). The monoisotopic (exact) mass is 359 g/mol. The number of allylic oxidation sites excluding steroid dienone is 1. The molecule has 0 bridgehead atoms. The number of carbonyl (C=O) groups is 1. The quantitative estimate of drug-likeness (QED) is 0.482. The average Bonchev–Trinajstić information content (AvgIpc) is 2.54. The Morgan fingerprint density at radius 1 is 1.36 bits per heavy atom. The molecule has 1 aromatic carbocycles. The van der Waals surface area contributed by atoms with Crippen LogP contribution >= 0.6 is 0 Å². The minimum atomic E-state index is -4.74. The van der Waals surface area contributed by atoms with Crippen LogP contribution in [-0.2, 0) is 17.9 Å². The van der Waals surface area contributed by atoms with E-state index in [1.807, 2.05) is 0 Å². The van der Waals surface area contributed by atoms with Crippen molar-refractivity contribution in [2.45, 2.75) is 40.0 Å². The Morgan fingerprint density at radius 3 is 2.40 bits per heavy atom. The van der Waals surface area contributed by atoms with E-state index in [1.165, 1.54) is 13.8 Å². The largest absolute Gasteiger partial charge is 0.433 e. The number of amides is 1. The predicted molar refractivity (Wildman–Crippen MR) is 88.8 cm³/mol. The van der Waals surface area contributed by atoms with Crippen LogP contribution in [0.4, 0.5) is 17.6 Å². The molecule has 0 heterocycles. The molecule has 0 saturated heterocycles. The van der Waals surface area contributed by atoms with Crippen LogP contribution in [0.15, 0.2) is 22.7 Å². The first-order valence-corrected chi connectivity index (χ1v) is 7.54. The van der Waals surface area contributed by atoms with Crippen LogP contribution < -0.4 is 11.1 Å². The molecule has 0 radical (unpaired) electrons. The summed E-state index contributed by atoms with van der Waals surface area (Å²) in [5, 5.41) is 2.40. The van der Waals surface area contributed by atoms with Crippen molar-refractivity contribution in [3.63, 3.8) is 0 Å². The number of nitrogens with zero attached hydrogens (tertiary/aromatic N) is 1. The van der Waals surface area contributed by atoms with E-state index < -0.39 is 29.2 Å². The molecule has 0 saturated carbocycles. The highest BCUT2D eigenvalue weighted by Gasteiger charge is 2.39. The van der Waals surface area contributed by atoms with Crippen LogP contribution in [0.5, 0.6) is 0 Å². The Balaban J connectivity index is 3.06. The van der Waals surface area contributed by atoms with Crippen molar-refractivity contribution in [1.29, 1.82) is 0 Å². The number of rotatable bonds is 5. The number of hydrogen-bond donors (Lipinski definition) is 2. The first-order chi connectivity index (χ1) is 11.6. The number of aliphatic imine (C=N–C) groups is 1. The average molecular weight is 359 g/mol. The normalized spacial score (nSPS) is 13.2. The van der Waals surface area contributed by atoms with Crippen molar-refractivity contribution < 1.29 is 22.4 Å². The van der Waals surface area contributed by atoms with Gasteiger partial charge in [-0.2, -0.15) is 13.2 Å². The van der Waals surface area contributed by atoms with Crippen molar-refractivity contribution >= 4 is 11.6 Å².